The standard InChI is InChI=1S/C26H29N5OS/c1-15-9-8-12-22(17(15)3)30-16(2)13-20(18(30)4)14-21-23(27)31-26(28-24(21)32)33-25(29-31)19-10-6-5-7-11-19/h8-9,12-14,19,27H,5-7,10-11H2,1-4H3/b21-14+,27-23?. The number of aliphatic imine (C=N–C) groups is 1. The molecule has 0 bridgehead atoms. The number of thioether (sulfide) groups is 1. The van der Waals surface area contributed by atoms with Crippen LogP contribution in [0.4, 0.5) is 0 Å². The van der Waals surface area contributed by atoms with Gasteiger partial charge in [0.05, 0.1) is 5.57 Å². The zero-order valence-corrected chi connectivity index (χ0v) is 20.4. The summed E-state index contributed by atoms with van der Waals surface area (Å²) < 4.78 is 2.21. The molecule has 3 aliphatic rings. The SMILES string of the molecule is Cc1cccc(-n2c(C)cc(/C=C3\C(=N)N4N=C(C5CCCCC5)SC4=NC3=O)c2C)c1C. The lowest BCUT2D eigenvalue weighted by molar-refractivity contribution is -0.114. The average Bonchev–Trinajstić information content (AvgIpc) is 3.34. The number of amidine groups is 2. The average molecular weight is 460 g/mol. The van der Waals surface area contributed by atoms with Crippen LogP contribution in [-0.2, 0) is 4.79 Å². The molecule has 3 heterocycles. The van der Waals surface area contributed by atoms with Crippen molar-refractivity contribution in [3.8, 4) is 5.69 Å². The van der Waals surface area contributed by atoms with E-state index in [2.05, 4.69) is 61.5 Å². The van der Waals surface area contributed by atoms with Crippen LogP contribution in [0.2, 0.25) is 0 Å². The Bertz CT molecular complexity index is 1260. The largest absolute Gasteiger partial charge is 0.318 e. The van der Waals surface area contributed by atoms with E-state index in [9.17, 15) is 4.79 Å². The summed E-state index contributed by atoms with van der Waals surface area (Å²) >= 11 is 1.46. The number of amides is 1. The molecule has 1 aliphatic carbocycles. The van der Waals surface area contributed by atoms with Crippen molar-refractivity contribution in [3.63, 3.8) is 0 Å². The molecule has 0 atom stereocenters. The number of carbonyl (C=O) groups is 1. The lowest BCUT2D eigenvalue weighted by Crippen LogP contribution is -2.35. The molecule has 2 aliphatic heterocycles. The molecule has 1 N–H and O–H groups in total. The van der Waals surface area contributed by atoms with Crippen LogP contribution in [0.3, 0.4) is 0 Å². The van der Waals surface area contributed by atoms with Crippen molar-refractivity contribution < 1.29 is 4.79 Å². The zero-order chi connectivity index (χ0) is 23.3. The third-order valence-corrected chi connectivity index (χ3v) is 8.08. The Hall–Kier alpha value is -2.93. The van der Waals surface area contributed by atoms with Gasteiger partial charge in [0.1, 0.15) is 5.04 Å². The Morgan fingerprint density at radius 1 is 1.12 bits per heavy atom. The first kappa shape index (κ1) is 21.9. The lowest BCUT2D eigenvalue weighted by Gasteiger charge is -2.20. The quantitative estimate of drug-likeness (QED) is 0.580. The highest BCUT2D eigenvalue weighted by molar-refractivity contribution is 8.27. The molecule has 1 aromatic heterocycles. The molecule has 0 radical (unpaired) electrons. The van der Waals surface area contributed by atoms with E-state index in [4.69, 9.17) is 10.5 Å². The van der Waals surface area contributed by atoms with Crippen LogP contribution in [0.5, 0.6) is 0 Å². The van der Waals surface area contributed by atoms with Crippen molar-refractivity contribution in [1.29, 1.82) is 5.41 Å². The molecule has 1 aromatic carbocycles. The van der Waals surface area contributed by atoms with E-state index >= 15 is 0 Å². The summed E-state index contributed by atoms with van der Waals surface area (Å²) in [6.07, 6.45) is 7.76. The number of aromatic nitrogens is 1. The Kier molecular flexibility index (Phi) is 5.60. The normalized spacial score (nSPS) is 20.4. The summed E-state index contributed by atoms with van der Waals surface area (Å²) in [5.74, 6) is 0.166. The fraction of sp³-hybridized carbons (Fsp3) is 0.385. The van der Waals surface area contributed by atoms with Crippen molar-refractivity contribution in [1.82, 2.24) is 9.58 Å². The maximum absolute atomic E-state index is 12.9. The van der Waals surface area contributed by atoms with Crippen molar-refractivity contribution in [2.75, 3.05) is 0 Å². The van der Waals surface area contributed by atoms with Gasteiger partial charge in [-0.05, 0) is 87.2 Å². The molecule has 1 saturated carbocycles. The maximum Gasteiger partial charge on any atom is 0.283 e. The molecule has 7 heteroatoms. The van der Waals surface area contributed by atoms with E-state index < -0.39 is 0 Å². The lowest BCUT2D eigenvalue weighted by atomic mass is 9.90. The number of nitrogens with zero attached hydrogens (tertiary/aromatic N) is 4. The minimum absolute atomic E-state index is 0.111. The molecular weight excluding hydrogens is 430 g/mol. The second-order valence-corrected chi connectivity index (χ2v) is 10.2. The number of benzene rings is 1. The molecule has 6 nitrogen and oxygen atoms in total. The Labute approximate surface area is 199 Å². The minimum Gasteiger partial charge on any atom is -0.318 e. The van der Waals surface area contributed by atoms with E-state index in [1.54, 1.807) is 11.1 Å². The van der Waals surface area contributed by atoms with Gasteiger partial charge in [-0.2, -0.15) is 15.1 Å². The van der Waals surface area contributed by atoms with E-state index in [0.717, 1.165) is 40.5 Å². The number of hydrogen-bond donors (Lipinski definition) is 1. The second kappa shape index (κ2) is 8.45. The smallest absolute Gasteiger partial charge is 0.283 e. The molecule has 0 unspecified atom stereocenters. The highest BCUT2D eigenvalue weighted by atomic mass is 32.2. The highest BCUT2D eigenvalue weighted by Gasteiger charge is 2.38. The van der Waals surface area contributed by atoms with Crippen molar-refractivity contribution in [2.24, 2.45) is 16.0 Å². The summed E-state index contributed by atoms with van der Waals surface area (Å²) in [4.78, 5) is 17.2. The molecule has 5 rings (SSSR count). The summed E-state index contributed by atoms with van der Waals surface area (Å²) in [6.45, 7) is 8.37. The van der Waals surface area contributed by atoms with Crippen molar-refractivity contribution in [3.05, 3.63) is 57.9 Å². The molecule has 1 fully saturated rings. The molecule has 170 valence electrons. The van der Waals surface area contributed by atoms with Crippen LogP contribution in [0.1, 0.15) is 60.2 Å². The molecule has 33 heavy (non-hydrogen) atoms. The van der Waals surface area contributed by atoms with Gasteiger partial charge in [-0.15, -0.1) is 0 Å². The van der Waals surface area contributed by atoms with Gasteiger partial charge in [0, 0.05) is 23.0 Å². The highest BCUT2D eigenvalue weighted by Crippen LogP contribution is 2.36. The van der Waals surface area contributed by atoms with Gasteiger partial charge in [-0.25, -0.2) is 0 Å². The van der Waals surface area contributed by atoms with E-state index in [1.165, 1.54) is 42.2 Å². The maximum atomic E-state index is 12.9. The molecular formula is C26H29N5OS. The van der Waals surface area contributed by atoms with E-state index in [-0.39, 0.29) is 17.3 Å². The third kappa shape index (κ3) is 3.78. The first-order valence-corrected chi connectivity index (χ1v) is 12.4. The summed E-state index contributed by atoms with van der Waals surface area (Å²) in [5, 5.41) is 16.5. The second-order valence-electron chi connectivity index (χ2n) is 9.17. The van der Waals surface area contributed by atoms with Crippen LogP contribution < -0.4 is 0 Å². The fourth-order valence-corrected chi connectivity index (χ4v) is 6.02. The van der Waals surface area contributed by atoms with E-state index in [0.29, 0.717) is 11.1 Å². The van der Waals surface area contributed by atoms with Crippen LogP contribution >= 0.6 is 11.8 Å². The minimum atomic E-state index is -0.365. The van der Waals surface area contributed by atoms with E-state index in [1.807, 2.05) is 0 Å². The number of nitrogens with one attached hydrogen (secondary N) is 1. The number of hydrazone groups is 1. The first-order valence-electron chi connectivity index (χ1n) is 11.6. The van der Waals surface area contributed by atoms with Gasteiger partial charge in [-0.3, -0.25) is 10.2 Å². The number of aryl methyl sites for hydroxylation is 2. The predicted molar refractivity (Wildman–Crippen MR) is 136 cm³/mol. The molecule has 0 spiro atoms. The first-order chi connectivity index (χ1) is 15.8. The third-order valence-electron chi connectivity index (χ3n) is 7.01. The van der Waals surface area contributed by atoms with Gasteiger partial charge in [-0.1, -0.05) is 31.4 Å². The number of hydrogen-bond acceptors (Lipinski definition) is 4. The zero-order valence-electron chi connectivity index (χ0n) is 19.6. The van der Waals surface area contributed by atoms with Crippen LogP contribution in [0, 0.1) is 39.0 Å². The van der Waals surface area contributed by atoms with Gasteiger partial charge >= 0.3 is 0 Å². The van der Waals surface area contributed by atoms with Crippen molar-refractivity contribution in [2.45, 2.75) is 59.8 Å². The summed E-state index contributed by atoms with van der Waals surface area (Å²) in [5.41, 5.74) is 6.93. The predicted octanol–water partition coefficient (Wildman–Crippen LogP) is 5.91. The van der Waals surface area contributed by atoms with Gasteiger partial charge in [0.25, 0.3) is 5.91 Å². The summed E-state index contributed by atoms with van der Waals surface area (Å²) in [6, 6.07) is 8.37. The molecule has 0 saturated heterocycles. The van der Waals surface area contributed by atoms with Gasteiger partial charge in [0.2, 0.25) is 5.17 Å². The Balaban J connectivity index is 1.49. The number of carbonyl (C=O) groups excluding carboxylic acids is 1. The Morgan fingerprint density at radius 2 is 1.88 bits per heavy atom. The van der Waals surface area contributed by atoms with Gasteiger partial charge in [0.15, 0.2) is 5.84 Å². The summed E-state index contributed by atoms with van der Waals surface area (Å²) in [7, 11) is 0. The van der Waals surface area contributed by atoms with Crippen LogP contribution in [-0.4, -0.2) is 31.5 Å². The molecule has 1 amide bonds. The van der Waals surface area contributed by atoms with Gasteiger partial charge < -0.3 is 4.57 Å². The van der Waals surface area contributed by atoms with Crippen molar-refractivity contribution >= 4 is 39.8 Å². The monoisotopic (exact) mass is 459 g/mol. The fourth-order valence-electron chi connectivity index (χ4n) is 4.96. The Morgan fingerprint density at radius 3 is 2.64 bits per heavy atom. The molecule has 2 aromatic rings. The topological polar surface area (TPSA) is 73.8 Å². The van der Waals surface area contributed by atoms with Crippen LogP contribution in [0.25, 0.3) is 11.8 Å². The van der Waals surface area contributed by atoms with Crippen LogP contribution in [0.15, 0.2) is 39.9 Å². The number of fused-ring (bicyclic) bond motifs is 1. The number of rotatable bonds is 3.